The second kappa shape index (κ2) is 5.50. The van der Waals surface area contributed by atoms with Crippen molar-refractivity contribution >= 4 is 14.0 Å². The van der Waals surface area contributed by atoms with Gasteiger partial charge in [0.25, 0.3) is 0 Å². The molecular weight excluding hydrogens is 232 g/mol. The lowest BCUT2D eigenvalue weighted by Gasteiger charge is -2.18. The third-order valence-electron chi connectivity index (χ3n) is 2.58. The minimum atomic E-state index is -1.73. The number of carboxylic acids is 1. The third kappa shape index (κ3) is 3.60. The zero-order chi connectivity index (χ0) is 12.9. The van der Waals surface area contributed by atoms with Crippen molar-refractivity contribution in [3.8, 4) is 5.75 Å². The Morgan fingerprint density at radius 3 is 2.29 bits per heavy atom. The number of ether oxygens (including phenoxy) is 1. The summed E-state index contributed by atoms with van der Waals surface area (Å²) in [5, 5.41) is 8.75. The maximum absolute atomic E-state index is 10.7. The van der Waals surface area contributed by atoms with Crippen LogP contribution in [0.25, 0.3) is 0 Å². The highest BCUT2D eigenvalue weighted by molar-refractivity contribution is 6.87. The maximum Gasteiger partial charge on any atom is 0.335 e. The zero-order valence-electron chi connectivity index (χ0n) is 9.85. The molecule has 0 amide bonds. The van der Waals surface area contributed by atoms with Gasteiger partial charge in [-0.05, 0) is 24.3 Å². The van der Waals surface area contributed by atoms with Gasteiger partial charge in [0, 0.05) is 0 Å². The fraction of sp³-hybridized carbons (Fsp3) is 0.154. The third-order valence-corrected chi connectivity index (χ3v) is 5.22. The molecule has 0 unspecified atom stereocenters. The Bertz CT molecular complexity index is 415. The molecule has 0 aromatic heterocycles. The largest absolute Gasteiger partial charge is 0.496 e. The number of hydrogen-bond acceptors (Lipinski definition) is 2. The van der Waals surface area contributed by atoms with E-state index in [-0.39, 0.29) is 5.56 Å². The Hall–Kier alpha value is -1.81. The van der Waals surface area contributed by atoms with Crippen LogP contribution in [-0.4, -0.2) is 25.4 Å². The highest BCUT2D eigenvalue weighted by Crippen LogP contribution is 2.15. The van der Waals surface area contributed by atoms with E-state index in [1.165, 1.54) is 12.1 Å². The van der Waals surface area contributed by atoms with E-state index >= 15 is 0 Å². The van der Waals surface area contributed by atoms with Crippen LogP contribution < -0.4 is 4.74 Å². The Morgan fingerprint density at radius 1 is 1.35 bits per heavy atom. The van der Waals surface area contributed by atoms with Gasteiger partial charge in [0.15, 0.2) is 0 Å². The summed E-state index contributed by atoms with van der Waals surface area (Å²) in [4.78, 5) is 10.7. The summed E-state index contributed by atoms with van der Waals surface area (Å²) in [6, 6.07) is 6.37. The number of aromatic carboxylic acids is 1. The van der Waals surface area contributed by atoms with Gasteiger partial charge in [-0.1, -0.05) is 17.9 Å². The van der Waals surface area contributed by atoms with E-state index < -0.39 is 14.0 Å². The van der Waals surface area contributed by atoms with Gasteiger partial charge in [0.2, 0.25) is 0 Å². The molecule has 1 N–H and O–H groups in total. The lowest BCUT2D eigenvalue weighted by atomic mass is 10.2. The molecule has 1 rings (SSSR count). The summed E-state index contributed by atoms with van der Waals surface area (Å²) in [6.07, 6.45) is 0.562. The van der Waals surface area contributed by atoms with Gasteiger partial charge < -0.3 is 9.84 Å². The molecule has 3 nitrogen and oxygen atoms in total. The van der Waals surface area contributed by atoms with E-state index in [9.17, 15) is 4.79 Å². The van der Waals surface area contributed by atoms with Gasteiger partial charge in [-0.3, -0.25) is 0 Å². The normalized spacial score (nSPS) is 10.6. The summed E-state index contributed by atoms with van der Waals surface area (Å²) >= 11 is 0. The fourth-order valence-electron chi connectivity index (χ4n) is 1.13. The van der Waals surface area contributed by atoms with Crippen molar-refractivity contribution < 1.29 is 14.6 Å². The van der Waals surface area contributed by atoms with Crippen LogP contribution in [0.2, 0.25) is 6.55 Å². The first-order valence-corrected chi connectivity index (χ1v) is 8.10. The zero-order valence-corrected chi connectivity index (χ0v) is 10.8. The first-order valence-electron chi connectivity index (χ1n) is 5.24. The van der Waals surface area contributed by atoms with Crippen LogP contribution in [0.4, 0.5) is 0 Å². The first-order chi connectivity index (χ1) is 8.00. The molecule has 4 heteroatoms. The molecule has 90 valence electrons. The molecule has 0 bridgehead atoms. The van der Waals surface area contributed by atoms with Crippen LogP contribution in [0.5, 0.6) is 5.75 Å². The second-order valence-electron chi connectivity index (χ2n) is 4.03. The fourth-order valence-corrected chi connectivity index (χ4v) is 2.01. The number of benzene rings is 1. The maximum atomic E-state index is 10.7. The summed E-state index contributed by atoms with van der Waals surface area (Å²) < 4.78 is 5.61. The Balaban J connectivity index is 2.67. The molecular formula is C13H16O3Si. The molecule has 0 aliphatic rings. The van der Waals surface area contributed by atoms with Gasteiger partial charge >= 0.3 is 5.97 Å². The second-order valence-corrected chi connectivity index (χ2v) is 8.15. The molecule has 0 spiro atoms. The van der Waals surface area contributed by atoms with Crippen LogP contribution in [0, 0.1) is 0 Å². The highest BCUT2D eigenvalue weighted by Gasteiger charge is 2.19. The van der Waals surface area contributed by atoms with Crippen molar-refractivity contribution in [2.24, 2.45) is 0 Å². The van der Waals surface area contributed by atoms with E-state index in [0.29, 0.717) is 12.0 Å². The summed E-state index contributed by atoms with van der Waals surface area (Å²) in [5.41, 5.74) is 4.07. The molecule has 0 aliphatic heterocycles. The molecule has 0 atom stereocenters. The molecule has 1 aromatic carbocycles. The van der Waals surface area contributed by atoms with Gasteiger partial charge in [-0.25, -0.2) is 4.79 Å². The standard InChI is InChI=1S/C13H16O3Si/c1-4-17(3,5-2)10-16-12-8-6-11(7-9-12)13(14)15/h4-9H,1-2,10H2,3H3,(H,14,15). The van der Waals surface area contributed by atoms with E-state index in [0.717, 1.165) is 0 Å². The molecule has 1 aromatic rings. The lowest BCUT2D eigenvalue weighted by Crippen LogP contribution is -2.33. The minimum absolute atomic E-state index is 0.254. The molecule has 0 saturated heterocycles. The number of rotatable bonds is 6. The lowest BCUT2D eigenvalue weighted by molar-refractivity contribution is 0.0697. The van der Waals surface area contributed by atoms with Crippen molar-refractivity contribution in [2.45, 2.75) is 6.55 Å². The van der Waals surface area contributed by atoms with Crippen molar-refractivity contribution in [3.63, 3.8) is 0 Å². The van der Waals surface area contributed by atoms with Crippen molar-refractivity contribution in [1.29, 1.82) is 0 Å². The number of carbonyl (C=O) groups is 1. The van der Waals surface area contributed by atoms with E-state index in [2.05, 4.69) is 19.7 Å². The minimum Gasteiger partial charge on any atom is -0.496 e. The molecule has 0 aliphatic carbocycles. The van der Waals surface area contributed by atoms with Crippen molar-refractivity contribution in [2.75, 3.05) is 6.23 Å². The van der Waals surface area contributed by atoms with Crippen LogP contribution in [-0.2, 0) is 0 Å². The van der Waals surface area contributed by atoms with Crippen LogP contribution in [0.3, 0.4) is 0 Å². The predicted octanol–water partition coefficient (Wildman–Crippen LogP) is 2.83. The van der Waals surface area contributed by atoms with Gasteiger partial charge in [0.1, 0.15) is 13.8 Å². The van der Waals surface area contributed by atoms with Crippen LogP contribution >= 0.6 is 0 Å². The quantitative estimate of drug-likeness (QED) is 0.787. The number of hydrogen-bond donors (Lipinski definition) is 1. The van der Waals surface area contributed by atoms with E-state index in [4.69, 9.17) is 9.84 Å². The van der Waals surface area contributed by atoms with Crippen LogP contribution in [0.1, 0.15) is 10.4 Å². The Kier molecular flexibility index (Phi) is 4.28. The number of carboxylic acid groups (broad SMARTS) is 1. The predicted molar refractivity (Wildman–Crippen MR) is 70.9 cm³/mol. The van der Waals surface area contributed by atoms with Crippen molar-refractivity contribution in [3.05, 3.63) is 54.4 Å². The van der Waals surface area contributed by atoms with E-state index in [1.54, 1.807) is 12.1 Å². The highest BCUT2D eigenvalue weighted by atomic mass is 28.3. The SMILES string of the molecule is C=C[Si](C)(C=C)COc1ccc(C(=O)O)cc1. The van der Waals surface area contributed by atoms with Crippen LogP contribution in [0.15, 0.2) is 48.8 Å². The Labute approximate surface area is 102 Å². The summed E-state index contributed by atoms with van der Waals surface area (Å²) in [5.74, 6) is -0.273. The summed E-state index contributed by atoms with van der Waals surface area (Å²) in [7, 11) is -1.73. The molecule has 0 fully saturated rings. The Morgan fingerprint density at radius 2 is 1.88 bits per heavy atom. The van der Waals surface area contributed by atoms with Crippen molar-refractivity contribution in [1.82, 2.24) is 0 Å². The van der Waals surface area contributed by atoms with E-state index in [1.807, 2.05) is 11.4 Å². The summed E-state index contributed by atoms with van der Waals surface area (Å²) in [6.45, 7) is 9.67. The molecule has 17 heavy (non-hydrogen) atoms. The topological polar surface area (TPSA) is 46.5 Å². The first kappa shape index (κ1) is 13.3. The molecule has 0 heterocycles. The monoisotopic (exact) mass is 248 g/mol. The van der Waals surface area contributed by atoms with Gasteiger partial charge in [0.05, 0.1) is 11.8 Å². The average molecular weight is 248 g/mol. The van der Waals surface area contributed by atoms with Gasteiger partial charge in [-0.15, -0.1) is 13.2 Å². The smallest absolute Gasteiger partial charge is 0.335 e. The van der Waals surface area contributed by atoms with Gasteiger partial charge in [-0.2, -0.15) is 0 Å². The molecule has 0 radical (unpaired) electrons. The average Bonchev–Trinajstić information content (AvgIpc) is 2.36. The molecule has 0 saturated carbocycles.